The molecule has 2 aliphatic rings. The molecule has 13 nitrogen and oxygen atoms in total. The highest BCUT2D eigenvalue weighted by Crippen LogP contribution is 2.33. The molecule has 0 unspecified atom stereocenters. The summed E-state index contributed by atoms with van der Waals surface area (Å²) in [7, 11) is 2.81. The molecule has 1 aromatic rings. The number of methoxy groups -OCH3 is 2. The van der Waals surface area contributed by atoms with E-state index in [1.807, 2.05) is 6.92 Å². The summed E-state index contributed by atoms with van der Waals surface area (Å²) in [6.07, 6.45) is 6.31. The Morgan fingerprint density at radius 3 is 2.73 bits per heavy atom. The van der Waals surface area contributed by atoms with E-state index < -0.39 is 60.3 Å². The van der Waals surface area contributed by atoms with Gasteiger partial charge in [-0.3, -0.25) is 4.79 Å². The maximum Gasteiger partial charge on any atom is 0.407 e. The van der Waals surface area contributed by atoms with Crippen molar-refractivity contribution in [2.45, 2.75) is 114 Å². The molecular weight excluding hydrogens is 576 g/mol. The topological polar surface area (TPSA) is 176 Å². The molecule has 3 rings (SSSR count). The van der Waals surface area contributed by atoms with Crippen LogP contribution in [0.15, 0.2) is 28.9 Å². The smallest absolute Gasteiger partial charge is 0.407 e. The number of nitrogens with one attached hydrogen (secondary N) is 1. The van der Waals surface area contributed by atoms with Crippen LogP contribution in [0.5, 0.6) is 0 Å². The number of allylic oxidation sites excluding steroid dienone is 1. The van der Waals surface area contributed by atoms with Crippen LogP contribution in [0.1, 0.15) is 76.8 Å². The number of cyclic esters (lactones) is 1. The van der Waals surface area contributed by atoms with Crippen LogP contribution in [0, 0.1) is 0 Å². The van der Waals surface area contributed by atoms with Gasteiger partial charge in [-0.05, 0) is 32.3 Å². The second kappa shape index (κ2) is 17.3. The second-order valence-electron chi connectivity index (χ2n) is 11.4. The van der Waals surface area contributed by atoms with E-state index in [0.717, 1.165) is 6.42 Å². The molecule has 2 aliphatic heterocycles. The summed E-state index contributed by atoms with van der Waals surface area (Å²) in [4.78, 5) is 40.8. The van der Waals surface area contributed by atoms with Crippen LogP contribution >= 0.6 is 0 Å². The van der Waals surface area contributed by atoms with E-state index >= 15 is 0 Å². The molecule has 2 fully saturated rings. The number of aryl methyl sites for hydroxylation is 1. The number of carbonyl (C=O) groups excluding carboxylic acids is 3. The Bertz CT molecular complexity index is 1130. The Morgan fingerprint density at radius 1 is 1.20 bits per heavy atom. The molecule has 246 valence electrons. The van der Waals surface area contributed by atoms with Crippen molar-refractivity contribution < 1.29 is 52.7 Å². The van der Waals surface area contributed by atoms with Crippen molar-refractivity contribution in [3.8, 4) is 0 Å². The Hall–Kier alpha value is -3.26. The van der Waals surface area contributed by atoms with Crippen LogP contribution < -0.4 is 5.32 Å². The fourth-order valence-corrected chi connectivity index (χ4v) is 5.45. The number of oxazole rings is 1. The van der Waals surface area contributed by atoms with E-state index in [1.165, 1.54) is 33.5 Å². The van der Waals surface area contributed by atoms with Gasteiger partial charge in [-0.1, -0.05) is 25.5 Å². The number of fused-ring (bicyclic) bond motifs is 2. The van der Waals surface area contributed by atoms with Crippen LogP contribution in [0.25, 0.3) is 6.08 Å². The number of carbonyl (C=O) groups is 3. The van der Waals surface area contributed by atoms with Crippen LogP contribution in [0.4, 0.5) is 4.79 Å². The van der Waals surface area contributed by atoms with Gasteiger partial charge >= 0.3 is 18.0 Å². The highest BCUT2D eigenvalue weighted by molar-refractivity contribution is 5.82. The standard InChI is InChI=1S/C31H46N2O11/c1-5-9-21-14-24(39-3)18-31(2,38)29(36)25-16-22(15-23(42-25)17-28(35)43-21)44-27(34)12-7-6-10-20-19-41-26(33-20)11-8-13-32-30(37)40-4/h7-8,11-12,19,21-25,29,36,38H,5-6,9-10,13-18H2,1-4H3,(H,32,37)/b11-8-,12-7-/t21-,22-,23-,24+,25+,29-,31+/m0/s1. The molecule has 7 atom stereocenters. The summed E-state index contributed by atoms with van der Waals surface area (Å²) in [6.45, 7) is 3.79. The van der Waals surface area contributed by atoms with Crippen molar-refractivity contribution in [1.29, 1.82) is 0 Å². The number of alkyl carbamates (subject to hydrolysis) is 1. The number of aliphatic hydroxyl groups is 2. The summed E-state index contributed by atoms with van der Waals surface area (Å²) in [5.41, 5.74) is -0.866. The van der Waals surface area contributed by atoms with Crippen LogP contribution in [-0.2, 0) is 39.7 Å². The summed E-state index contributed by atoms with van der Waals surface area (Å²) in [6, 6.07) is 0. The van der Waals surface area contributed by atoms with Crippen LogP contribution in [-0.4, -0.2) is 96.2 Å². The van der Waals surface area contributed by atoms with Gasteiger partial charge in [-0.15, -0.1) is 0 Å². The summed E-state index contributed by atoms with van der Waals surface area (Å²) >= 11 is 0. The number of ether oxygens (including phenoxy) is 5. The van der Waals surface area contributed by atoms with Crippen molar-refractivity contribution in [2.75, 3.05) is 20.8 Å². The van der Waals surface area contributed by atoms with Gasteiger partial charge in [0.15, 0.2) is 0 Å². The predicted molar refractivity (Wildman–Crippen MR) is 157 cm³/mol. The van der Waals surface area contributed by atoms with Gasteiger partial charge in [0.05, 0.1) is 43.1 Å². The maximum absolute atomic E-state index is 12.8. The van der Waals surface area contributed by atoms with Gasteiger partial charge in [0.1, 0.15) is 24.6 Å². The largest absolute Gasteiger partial charge is 0.462 e. The third kappa shape index (κ3) is 11.3. The molecule has 0 radical (unpaired) electrons. The van der Waals surface area contributed by atoms with Crippen molar-refractivity contribution in [2.24, 2.45) is 0 Å². The number of hydrogen-bond acceptors (Lipinski definition) is 12. The Balaban J connectivity index is 1.56. The van der Waals surface area contributed by atoms with E-state index in [-0.39, 0.29) is 32.2 Å². The monoisotopic (exact) mass is 622 g/mol. The number of esters is 2. The van der Waals surface area contributed by atoms with Gasteiger partial charge in [-0.25, -0.2) is 14.6 Å². The highest BCUT2D eigenvalue weighted by Gasteiger charge is 2.45. The fourth-order valence-electron chi connectivity index (χ4n) is 5.45. The number of amides is 1. The lowest BCUT2D eigenvalue weighted by Crippen LogP contribution is -2.54. The fraction of sp³-hybridized carbons (Fsp3) is 0.677. The Labute approximate surface area is 257 Å². The minimum atomic E-state index is -1.56. The molecule has 13 heteroatoms. The van der Waals surface area contributed by atoms with Gasteiger partial charge < -0.3 is 43.6 Å². The molecule has 3 heterocycles. The van der Waals surface area contributed by atoms with Gasteiger partial charge in [-0.2, -0.15) is 0 Å². The lowest BCUT2D eigenvalue weighted by molar-refractivity contribution is -0.204. The average Bonchev–Trinajstić information content (AvgIpc) is 3.43. The molecular formula is C31H46N2O11. The molecule has 2 saturated heterocycles. The predicted octanol–water partition coefficient (Wildman–Crippen LogP) is 3.01. The van der Waals surface area contributed by atoms with E-state index in [1.54, 1.807) is 18.2 Å². The molecule has 0 aliphatic carbocycles. The normalized spacial score (nSPS) is 29.9. The first-order chi connectivity index (χ1) is 21.0. The SMILES string of the molecule is CCC[C@H]1C[C@@H](OC)C[C@@](C)(O)[C@@H](O)[C@H]2C[C@@H](OC(=O)/C=C\CCc3coc(/C=C\CNC(=O)OC)n3)C[C@@H](CC(=O)O1)O2. The lowest BCUT2D eigenvalue weighted by Gasteiger charge is -2.42. The van der Waals surface area contributed by atoms with Gasteiger partial charge in [0.2, 0.25) is 5.89 Å². The lowest BCUT2D eigenvalue weighted by atomic mass is 9.83. The number of hydrogen-bond donors (Lipinski definition) is 3. The third-order valence-electron chi connectivity index (χ3n) is 7.66. The zero-order chi connectivity index (χ0) is 32.1. The quantitative estimate of drug-likeness (QED) is 0.187. The molecule has 0 saturated carbocycles. The zero-order valence-electron chi connectivity index (χ0n) is 25.9. The number of aliphatic hydroxyl groups excluding tert-OH is 1. The van der Waals surface area contributed by atoms with Gasteiger partial charge in [0, 0.05) is 45.4 Å². The summed E-state index contributed by atoms with van der Waals surface area (Å²) in [5.74, 6) is -0.614. The minimum Gasteiger partial charge on any atom is -0.462 e. The van der Waals surface area contributed by atoms with Crippen molar-refractivity contribution >= 4 is 24.1 Å². The summed E-state index contributed by atoms with van der Waals surface area (Å²) < 4.78 is 32.9. The molecule has 3 N–H and O–H groups in total. The minimum absolute atomic E-state index is 0.0657. The Kier molecular flexibility index (Phi) is 13.8. The summed E-state index contributed by atoms with van der Waals surface area (Å²) in [5, 5.41) is 24.9. The highest BCUT2D eigenvalue weighted by atomic mass is 16.6. The first kappa shape index (κ1) is 35.2. The molecule has 0 spiro atoms. The van der Waals surface area contributed by atoms with Gasteiger partial charge in [0.25, 0.3) is 0 Å². The average molecular weight is 623 g/mol. The van der Waals surface area contributed by atoms with Crippen LogP contribution in [0.2, 0.25) is 0 Å². The van der Waals surface area contributed by atoms with E-state index in [2.05, 4.69) is 15.0 Å². The molecule has 1 aromatic heterocycles. The number of rotatable bonds is 11. The third-order valence-corrected chi connectivity index (χ3v) is 7.66. The van der Waals surface area contributed by atoms with E-state index in [0.29, 0.717) is 37.3 Å². The van der Waals surface area contributed by atoms with Crippen molar-refractivity contribution in [3.63, 3.8) is 0 Å². The first-order valence-electron chi connectivity index (χ1n) is 15.1. The van der Waals surface area contributed by atoms with E-state index in [9.17, 15) is 24.6 Å². The number of aromatic nitrogens is 1. The second-order valence-corrected chi connectivity index (χ2v) is 11.4. The van der Waals surface area contributed by atoms with Crippen LogP contribution in [0.3, 0.4) is 0 Å². The van der Waals surface area contributed by atoms with E-state index in [4.69, 9.17) is 23.4 Å². The zero-order valence-corrected chi connectivity index (χ0v) is 25.9. The van der Waals surface area contributed by atoms with Crippen molar-refractivity contribution in [1.82, 2.24) is 10.3 Å². The Morgan fingerprint density at radius 2 is 2.00 bits per heavy atom. The molecule has 44 heavy (non-hydrogen) atoms. The molecule has 2 bridgehead atoms. The number of nitrogens with zero attached hydrogens (tertiary/aromatic N) is 1. The maximum atomic E-state index is 12.8. The molecule has 0 aromatic carbocycles. The molecule has 1 amide bonds. The van der Waals surface area contributed by atoms with Crippen molar-refractivity contribution in [3.05, 3.63) is 36.1 Å². The first-order valence-corrected chi connectivity index (χ1v) is 15.1.